The van der Waals surface area contributed by atoms with E-state index in [0.717, 1.165) is 35.8 Å². The minimum atomic E-state index is -4.17. The van der Waals surface area contributed by atoms with Crippen LogP contribution >= 0.6 is 0 Å². The van der Waals surface area contributed by atoms with E-state index >= 15 is 0 Å². The zero-order chi connectivity index (χ0) is 26.0. The van der Waals surface area contributed by atoms with E-state index in [1.807, 2.05) is 30.3 Å². The number of hydrogen-bond acceptors (Lipinski definition) is 5. The molecule has 0 saturated heterocycles. The number of aryl methyl sites for hydroxylation is 1. The van der Waals surface area contributed by atoms with E-state index in [9.17, 15) is 22.8 Å². The SMILES string of the molecule is C[C@@H]1CCCC[C@H]1NC(=O)[C@H](Cc1ccccc1)NS(=O)(=O)c1ccc2c(c1)c(=O)n(C)c(=O)n2C. The summed E-state index contributed by atoms with van der Waals surface area (Å²) in [6.45, 7) is 2.10. The minimum absolute atomic E-state index is 0.000921. The van der Waals surface area contributed by atoms with E-state index in [1.54, 1.807) is 0 Å². The Bertz CT molecular complexity index is 1490. The Hall–Kier alpha value is -3.24. The fourth-order valence-electron chi connectivity index (χ4n) is 4.85. The van der Waals surface area contributed by atoms with Gasteiger partial charge in [0.1, 0.15) is 6.04 Å². The van der Waals surface area contributed by atoms with Crippen LogP contribution in [0.25, 0.3) is 10.9 Å². The van der Waals surface area contributed by atoms with Gasteiger partial charge in [0.25, 0.3) is 5.56 Å². The summed E-state index contributed by atoms with van der Waals surface area (Å²) in [5, 5.41) is 3.17. The number of carbonyl (C=O) groups excluding carboxylic acids is 1. The van der Waals surface area contributed by atoms with E-state index in [2.05, 4.69) is 17.0 Å². The molecule has 1 saturated carbocycles. The van der Waals surface area contributed by atoms with Gasteiger partial charge >= 0.3 is 5.69 Å². The average Bonchev–Trinajstić information content (AvgIpc) is 2.87. The Kier molecular flexibility index (Phi) is 7.46. The molecule has 1 amide bonds. The van der Waals surface area contributed by atoms with Gasteiger partial charge in [0.15, 0.2) is 0 Å². The van der Waals surface area contributed by atoms with Gasteiger partial charge in [-0.25, -0.2) is 13.2 Å². The third-order valence-electron chi connectivity index (χ3n) is 7.08. The molecule has 9 nitrogen and oxygen atoms in total. The Morgan fingerprint density at radius 3 is 2.42 bits per heavy atom. The first-order chi connectivity index (χ1) is 17.1. The minimum Gasteiger partial charge on any atom is -0.352 e. The van der Waals surface area contributed by atoms with Crippen LogP contribution in [0.15, 0.2) is 63.0 Å². The molecule has 1 aromatic heterocycles. The van der Waals surface area contributed by atoms with Crippen LogP contribution in [-0.4, -0.2) is 35.5 Å². The number of nitrogens with one attached hydrogen (secondary N) is 2. The maximum atomic E-state index is 13.4. The van der Waals surface area contributed by atoms with Gasteiger partial charge in [-0.1, -0.05) is 50.1 Å². The molecule has 36 heavy (non-hydrogen) atoms. The first kappa shape index (κ1) is 25.8. The smallest absolute Gasteiger partial charge is 0.330 e. The fraction of sp³-hybridized carbons (Fsp3) is 0.423. The highest BCUT2D eigenvalue weighted by Crippen LogP contribution is 2.24. The Morgan fingerprint density at radius 2 is 1.72 bits per heavy atom. The standard InChI is InChI=1S/C26H32N4O5S/c1-17-9-7-8-12-21(17)27-24(31)22(15-18-10-5-4-6-11-18)28-36(34,35)19-13-14-23-20(16-19)25(32)30(3)26(33)29(23)2/h4-6,10-11,13-14,16-17,21-22,28H,7-9,12,15H2,1-3H3,(H,27,31)/t17-,21-,22+/m1/s1. The van der Waals surface area contributed by atoms with Crippen LogP contribution in [0.5, 0.6) is 0 Å². The second-order valence-electron chi connectivity index (χ2n) is 9.63. The number of nitrogens with zero attached hydrogens (tertiary/aromatic N) is 2. The summed E-state index contributed by atoms with van der Waals surface area (Å²) >= 11 is 0. The molecule has 2 aromatic carbocycles. The summed E-state index contributed by atoms with van der Waals surface area (Å²) < 4.78 is 31.6. The predicted molar refractivity (Wildman–Crippen MR) is 138 cm³/mol. The quantitative estimate of drug-likeness (QED) is 0.501. The number of amides is 1. The fourth-order valence-corrected chi connectivity index (χ4v) is 6.07. The molecule has 0 aliphatic heterocycles. The Morgan fingerprint density at radius 1 is 1.03 bits per heavy atom. The number of benzene rings is 2. The van der Waals surface area contributed by atoms with Crippen molar-refractivity contribution in [2.45, 2.75) is 56.0 Å². The lowest BCUT2D eigenvalue weighted by molar-refractivity contribution is -0.124. The van der Waals surface area contributed by atoms with E-state index in [-0.39, 0.29) is 28.7 Å². The number of hydrogen-bond donors (Lipinski definition) is 2. The van der Waals surface area contributed by atoms with E-state index in [0.29, 0.717) is 11.4 Å². The molecule has 192 valence electrons. The number of rotatable bonds is 7. The molecule has 0 radical (unpaired) electrons. The van der Waals surface area contributed by atoms with Crippen LogP contribution < -0.4 is 21.3 Å². The van der Waals surface area contributed by atoms with Crippen LogP contribution in [0.2, 0.25) is 0 Å². The number of sulfonamides is 1. The zero-order valence-corrected chi connectivity index (χ0v) is 21.5. The van der Waals surface area contributed by atoms with Gasteiger partial charge in [-0.2, -0.15) is 4.72 Å². The highest BCUT2D eigenvalue weighted by Gasteiger charge is 2.30. The molecule has 0 unspecified atom stereocenters. The molecule has 10 heteroatoms. The Labute approximate surface area is 210 Å². The molecular formula is C26H32N4O5S. The van der Waals surface area contributed by atoms with Crippen molar-refractivity contribution in [3.8, 4) is 0 Å². The summed E-state index contributed by atoms with van der Waals surface area (Å²) in [5.74, 6) is -0.0553. The molecule has 1 heterocycles. The molecule has 0 bridgehead atoms. The number of fused-ring (bicyclic) bond motifs is 1. The molecule has 2 N–H and O–H groups in total. The normalized spacial score (nSPS) is 19.2. The summed E-state index contributed by atoms with van der Waals surface area (Å²) in [5.41, 5.74) is 0.0547. The van der Waals surface area contributed by atoms with E-state index in [4.69, 9.17) is 0 Å². The lowest BCUT2D eigenvalue weighted by Crippen LogP contribution is -2.52. The summed E-state index contributed by atoms with van der Waals surface area (Å²) in [4.78, 5) is 38.1. The van der Waals surface area contributed by atoms with Gasteiger partial charge in [-0.15, -0.1) is 0 Å². The second-order valence-corrected chi connectivity index (χ2v) is 11.3. The van der Waals surface area contributed by atoms with E-state index < -0.39 is 27.3 Å². The predicted octanol–water partition coefficient (Wildman–Crippen LogP) is 1.82. The van der Waals surface area contributed by atoms with Crippen LogP contribution in [0.4, 0.5) is 0 Å². The first-order valence-electron chi connectivity index (χ1n) is 12.1. The van der Waals surface area contributed by atoms with Crippen molar-refractivity contribution in [3.05, 3.63) is 74.9 Å². The molecule has 3 atom stereocenters. The molecule has 1 aliphatic carbocycles. The third-order valence-corrected chi connectivity index (χ3v) is 8.55. The Balaban J connectivity index is 1.67. The van der Waals surface area contributed by atoms with Crippen molar-refractivity contribution in [2.24, 2.45) is 20.0 Å². The van der Waals surface area contributed by atoms with Gasteiger partial charge in [-0.3, -0.25) is 18.7 Å². The monoisotopic (exact) mass is 512 g/mol. The third kappa shape index (κ3) is 5.29. The van der Waals surface area contributed by atoms with E-state index in [1.165, 1.54) is 36.9 Å². The molecule has 0 spiro atoms. The highest BCUT2D eigenvalue weighted by molar-refractivity contribution is 7.89. The molecule has 4 rings (SSSR count). The van der Waals surface area contributed by atoms with Crippen molar-refractivity contribution in [2.75, 3.05) is 0 Å². The maximum Gasteiger partial charge on any atom is 0.330 e. The largest absolute Gasteiger partial charge is 0.352 e. The van der Waals surface area contributed by atoms with Crippen LogP contribution in [0.1, 0.15) is 38.2 Å². The summed E-state index contributed by atoms with van der Waals surface area (Å²) in [6.07, 6.45) is 4.22. The topological polar surface area (TPSA) is 119 Å². The zero-order valence-electron chi connectivity index (χ0n) is 20.7. The van der Waals surface area contributed by atoms with Gasteiger partial charge in [0, 0.05) is 20.1 Å². The summed E-state index contributed by atoms with van der Waals surface area (Å²) in [6, 6.07) is 12.2. The highest BCUT2D eigenvalue weighted by atomic mass is 32.2. The van der Waals surface area contributed by atoms with Gasteiger partial charge in [0.05, 0.1) is 15.8 Å². The average molecular weight is 513 g/mol. The van der Waals surface area contributed by atoms with Crippen molar-refractivity contribution < 1.29 is 13.2 Å². The lowest BCUT2D eigenvalue weighted by Gasteiger charge is -2.31. The van der Waals surface area contributed by atoms with Crippen molar-refractivity contribution >= 4 is 26.8 Å². The van der Waals surface area contributed by atoms with Crippen LogP contribution in [0, 0.1) is 5.92 Å². The number of aromatic nitrogens is 2. The maximum absolute atomic E-state index is 13.4. The van der Waals surface area contributed by atoms with Gasteiger partial charge in [-0.05, 0) is 48.9 Å². The van der Waals surface area contributed by atoms with Gasteiger partial charge in [0.2, 0.25) is 15.9 Å². The summed E-state index contributed by atoms with van der Waals surface area (Å²) in [7, 11) is -1.31. The number of carbonyl (C=O) groups is 1. The van der Waals surface area contributed by atoms with Crippen molar-refractivity contribution in [1.29, 1.82) is 0 Å². The van der Waals surface area contributed by atoms with Crippen LogP contribution in [-0.2, 0) is 35.3 Å². The van der Waals surface area contributed by atoms with Gasteiger partial charge < -0.3 is 5.32 Å². The molecule has 1 aliphatic rings. The molecular weight excluding hydrogens is 480 g/mol. The molecule has 1 fully saturated rings. The van der Waals surface area contributed by atoms with Crippen molar-refractivity contribution in [1.82, 2.24) is 19.2 Å². The lowest BCUT2D eigenvalue weighted by atomic mass is 9.86. The molecule has 3 aromatic rings. The first-order valence-corrected chi connectivity index (χ1v) is 13.6. The second kappa shape index (κ2) is 10.4. The van der Waals surface area contributed by atoms with Crippen LogP contribution in [0.3, 0.4) is 0 Å². The van der Waals surface area contributed by atoms with Crippen molar-refractivity contribution in [3.63, 3.8) is 0 Å².